The Labute approximate surface area is 105 Å². The normalized spacial score (nSPS) is 12.4. The third kappa shape index (κ3) is 3.04. The molecule has 0 aliphatic carbocycles. The minimum atomic E-state index is -0.199. The Morgan fingerprint density at radius 3 is 2.76 bits per heavy atom. The molecule has 0 saturated heterocycles. The van der Waals surface area contributed by atoms with Crippen LogP contribution in [0.15, 0.2) is 42.6 Å². The lowest BCUT2D eigenvalue weighted by atomic mass is 10.0. The second-order valence-electron chi connectivity index (χ2n) is 4.00. The van der Waals surface area contributed by atoms with Gasteiger partial charge in [-0.3, -0.25) is 4.98 Å². The van der Waals surface area contributed by atoms with Gasteiger partial charge in [0.15, 0.2) is 0 Å². The van der Waals surface area contributed by atoms with Crippen molar-refractivity contribution in [3.63, 3.8) is 0 Å². The van der Waals surface area contributed by atoms with Gasteiger partial charge in [0.25, 0.3) is 0 Å². The van der Waals surface area contributed by atoms with Crippen molar-refractivity contribution >= 4 is 11.6 Å². The fourth-order valence-electron chi connectivity index (χ4n) is 1.68. The number of hydrogen-bond donors (Lipinski definition) is 0. The molecule has 17 heavy (non-hydrogen) atoms. The van der Waals surface area contributed by atoms with Crippen LogP contribution in [0.3, 0.4) is 0 Å². The summed E-state index contributed by atoms with van der Waals surface area (Å²) in [6.45, 7) is 1.74. The highest BCUT2D eigenvalue weighted by Crippen LogP contribution is 2.25. The lowest BCUT2D eigenvalue weighted by Crippen LogP contribution is -1.99. The summed E-state index contributed by atoms with van der Waals surface area (Å²) in [6, 6.07) is 10.7. The van der Waals surface area contributed by atoms with Crippen LogP contribution in [-0.2, 0) is 6.42 Å². The van der Waals surface area contributed by atoms with Crippen LogP contribution in [-0.4, -0.2) is 4.98 Å². The number of aryl methyl sites for hydroxylation is 1. The second-order valence-corrected chi connectivity index (χ2v) is 4.53. The van der Waals surface area contributed by atoms with Crippen molar-refractivity contribution in [3.8, 4) is 0 Å². The highest BCUT2D eigenvalue weighted by molar-refractivity contribution is 6.20. The molecule has 1 heterocycles. The number of aromatic nitrogens is 1. The zero-order valence-corrected chi connectivity index (χ0v) is 10.3. The fraction of sp³-hybridized carbons (Fsp3) is 0.214. The Kier molecular flexibility index (Phi) is 3.75. The zero-order valence-electron chi connectivity index (χ0n) is 9.53. The van der Waals surface area contributed by atoms with Crippen LogP contribution in [0.2, 0.25) is 0 Å². The summed E-state index contributed by atoms with van der Waals surface area (Å²) in [6.07, 6.45) is 2.39. The first-order chi connectivity index (χ1) is 8.16. The van der Waals surface area contributed by atoms with Crippen molar-refractivity contribution in [2.45, 2.75) is 18.7 Å². The van der Waals surface area contributed by atoms with Crippen molar-refractivity contribution in [2.24, 2.45) is 0 Å². The number of nitrogens with zero attached hydrogens (tertiary/aromatic N) is 1. The fourth-order valence-corrected chi connectivity index (χ4v) is 1.98. The predicted octanol–water partition coefficient (Wildman–Crippen LogP) is 4.05. The number of pyridine rings is 1. The standard InChI is InChI=1S/C14H13ClFN/c1-10-8-11(5-6-14(10)16)13(15)9-12-4-2-3-7-17-12/h2-8,13H,9H2,1H3. The highest BCUT2D eigenvalue weighted by Gasteiger charge is 2.10. The van der Waals surface area contributed by atoms with E-state index < -0.39 is 0 Å². The lowest BCUT2D eigenvalue weighted by molar-refractivity contribution is 0.617. The molecule has 0 fully saturated rings. The number of benzene rings is 1. The maximum absolute atomic E-state index is 13.1. The van der Waals surface area contributed by atoms with E-state index in [0.29, 0.717) is 12.0 Å². The van der Waals surface area contributed by atoms with Crippen molar-refractivity contribution < 1.29 is 4.39 Å². The van der Waals surface area contributed by atoms with E-state index in [1.807, 2.05) is 18.2 Å². The Morgan fingerprint density at radius 2 is 2.12 bits per heavy atom. The number of hydrogen-bond acceptors (Lipinski definition) is 1. The molecular weight excluding hydrogens is 237 g/mol. The molecule has 0 bridgehead atoms. The van der Waals surface area contributed by atoms with E-state index in [-0.39, 0.29) is 11.2 Å². The predicted molar refractivity (Wildman–Crippen MR) is 67.7 cm³/mol. The molecule has 3 heteroatoms. The monoisotopic (exact) mass is 249 g/mol. The van der Waals surface area contributed by atoms with Crippen molar-refractivity contribution in [2.75, 3.05) is 0 Å². The maximum Gasteiger partial charge on any atom is 0.126 e. The average Bonchev–Trinajstić information content (AvgIpc) is 2.34. The molecule has 1 aromatic carbocycles. The van der Waals surface area contributed by atoms with Gasteiger partial charge >= 0.3 is 0 Å². The molecular formula is C14H13ClFN. The van der Waals surface area contributed by atoms with E-state index in [9.17, 15) is 4.39 Å². The van der Waals surface area contributed by atoms with E-state index in [0.717, 1.165) is 11.3 Å². The van der Waals surface area contributed by atoms with Gasteiger partial charge < -0.3 is 0 Å². The average molecular weight is 250 g/mol. The van der Waals surface area contributed by atoms with Crippen LogP contribution in [0.4, 0.5) is 4.39 Å². The molecule has 0 saturated carbocycles. The minimum absolute atomic E-state index is 0.177. The van der Waals surface area contributed by atoms with Crippen LogP contribution in [0.25, 0.3) is 0 Å². The molecule has 0 radical (unpaired) electrons. The summed E-state index contributed by atoms with van der Waals surface area (Å²) in [5, 5.41) is -0.177. The molecule has 0 amide bonds. The minimum Gasteiger partial charge on any atom is -0.261 e. The van der Waals surface area contributed by atoms with Crippen LogP contribution in [0, 0.1) is 12.7 Å². The lowest BCUT2D eigenvalue weighted by Gasteiger charge is -2.10. The zero-order chi connectivity index (χ0) is 12.3. The SMILES string of the molecule is Cc1cc(C(Cl)Cc2ccccn2)ccc1F. The molecule has 0 spiro atoms. The molecule has 2 rings (SSSR count). The third-order valence-electron chi connectivity index (χ3n) is 2.66. The Balaban J connectivity index is 2.14. The Hall–Kier alpha value is -1.41. The number of alkyl halides is 1. The van der Waals surface area contributed by atoms with Crippen LogP contribution < -0.4 is 0 Å². The van der Waals surface area contributed by atoms with Gasteiger partial charge in [-0.15, -0.1) is 11.6 Å². The van der Waals surface area contributed by atoms with Crippen molar-refractivity contribution in [3.05, 3.63) is 65.2 Å². The molecule has 1 atom stereocenters. The molecule has 1 unspecified atom stereocenters. The molecule has 88 valence electrons. The smallest absolute Gasteiger partial charge is 0.126 e. The second kappa shape index (κ2) is 5.28. The maximum atomic E-state index is 13.1. The Bertz CT molecular complexity index is 499. The number of halogens is 2. The summed E-state index contributed by atoms with van der Waals surface area (Å²) in [4.78, 5) is 4.23. The van der Waals surface area contributed by atoms with Gasteiger partial charge in [-0.05, 0) is 36.2 Å². The van der Waals surface area contributed by atoms with E-state index in [2.05, 4.69) is 4.98 Å². The van der Waals surface area contributed by atoms with Gasteiger partial charge in [0.05, 0.1) is 5.38 Å². The highest BCUT2D eigenvalue weighted by atomic mass is 35.5. The molecule has 2 aromatic rings. The van der Waals surface area contributed by atoms with E-state index in [4.69, 9.17) is 11.6 Å². The molecule has 0 N–H and O–H groups in total. The first-order valence-electron chi connectivity index (χ1n) is 5.47. The van der Waals surface area contributed by atoms with Crippen molar-refractivity contribution in [1.82, 2.24) is 4.98 Å². The molecule has 1 aromatic heterocycles. The molecule has 1 nitrogen and oxygen atoms in total. The summed E-state index contributed by atoms with van der Waals surface area (Å²) >= 11 is 6.30. The van der Waals surface area contributed by atoms with Crippen molar-refractivity contribution in [1.29, 1.82) is 0 Å². The van der Waals surface area contributed by atoms with E-state index in [1.54, 1.807) is 25.3 Å². The van der Waals surface area contributed by atoms with Gasteiger partial charge in [-0.25, -0.2) is 4.39 Å². The van der Waals surface area contributed by atoms with Crippen LogP contribution >= 0.6 is 11.6 Å². The summed E-state index contributed by atoms with van der Waals surface area (Å²) in [7, 11) is 0. The van der Waals surface area contributed by atoms with Gasteiger partial charge in [-0.1, -0.05) is 18.2 Å². The molecule has 0 aliphatic rings. The third-order valence-corrected chi connectivity index (χ3v) is 3.06. The van der Waals surface area contributed by atoms with E-state index >= 15 is 0 Å². The topological polar surface area (TPSA) is 12.9 Å². The van der Waals surface area contributed by atoms with Gasteiger partial charge in [-0.2, -0.15) is 0 Å². The summed E-state index contributed by atoms with van der Waals surface area (Å²) in [5.41, 5.74) is 2.49. The first-order valence-corrected chi connectivity index (χ1v) is 5.90. The Morgan fingerprint density at radius 1 is 1.29 bits per heavy atom. The molecule has 0 aliphatic heterocycles. The van der Waals surface area contributed by atoms with Gasteiger partial charge in [0.2, 0.25) is 0 Å². The summed E-state index contributed by atoms with van der Waals surface area (Å²) < 4.78 is 13.1. The quantitative estimate of drug-likeness (QED) is 0.748. The number of rotatable bonds is 3. The summed E-state index contributed by atoms with van der Waals surface area (Å²) in [5.74, 6) is -0.199. The van der Waals surface area contributed by atoms with Gasteiger partial charge in [0.1, 0.15) is 5.82 Å². The van der Waals surface area contributed by atoms with E-state index in [1.165, 1.54) is 6.07 Å². The van der Waals surface area contributed by atoms with Gasteiger partial charge in [0, 0.05) is 18.3 Å². The first kappa shape index (κ1) is 12.1. The van der Waals surface area contributed by atoms with Crippen LogP contribution in [0.5, 0.6) is 0 Å². The van der Waals surface area contributed by atoms with Crippen LogP contribution in [0.1, 0.15) is 22.2 Å². The largest absolute Gasteiger partial charge is 0.261 e.